The third-order valence-electron chi connectivity index (χ3n) is 5.77. The number of aryl methyl sites for hydroxylation is 3. The number of anilines is 1. The van der Waals surface area contributed by atoms with E-state index in [0.29, 0.717) is 5.69 Å². The summed E-state index contributed by atoms with van der Waals surface area (Å²) in [6.45, 7) is 8.88. The number of carbonyl (C=O) groups excluding carboxylic acids is 1. The average molecular weight is 417 g/mol. The maximum atomic E-state index is 13.4. The van der Waals surface area contributed by atoms with E-state index in [4.69, 9.17) is 0 Å². The molecule has 3 rings (SSSR count). The van der Waals surface area contributed by atoms with Crippen LogP contribution in [0.25, 0.3) is 11.3 Å². The van der Waals surface area contributed by atoms with Gasteiger partial charge in [0, 0.05) is 29.6 Å². The Hall–Kier alpha value is -3.14. The molecule has 0 bridgehead atoms. The second kappa shape index (κ2) is 10.3. The molecule has 0 aliphatic rings. The zero-order valence-electron chi connectivity index (χ0n) is 19.0. The highest BCUT2D eigenvalue weighted by Crippen LogP contribution is 2.28. The van der Waals surface area contributed by atoms with Crippen LogP contribution in [-0.4, -0.2) is 10.5 Å². The normalized spacial score (nSPS) is 10.8. The van der Waals surface area contributed by atoms with Crippen LogP contribution in [0.4, 0.5) is 5.69 Å². The van der Waals surface area contributed by atoms with E-state index >= 15 is 0 Å². The Kier molecular flexibility index (Phi) is 7.45. The topological polar surface area (TPSA) is 51.1 Å². The maximum Gasteiger partial charge on any atom is 0.261 e. The standard InChI is InChI=1S/C27H32N2O2/c1-5-6-7-12-17-29-21(4)18-24(30)25(26(29)22-15-10-8-13-19(22)2)27(31)28-23-16-11-9-14-20(23)3/h8-11,13-16,18H,5-7,12,17H2,1-4H3,(H,28,31). The predicted molar refractivity (Wildman–Crippen MR) is 129 cm³/mol. The monoisotopic (exact) mass is 416 g/mol. The maximum absolute atomic E-state index is 13.4. The molecule has 2 aromatic carbocycles. The summed E-state index contributed by atoms with van der Waals surface area (Å²) in [7, 11) is 0. The Bertz CT molecular complexity index is 1130. The van der Waals surface area contributed by atoms with E-state index in [0.717, 1.165) is 53.9 Å². The number of hydrogen-bond donors (Lipinski definition) is 1. The van der Waals surface area contributed by atoms with E-state index < -0.39 is 0 Å². The molecule has 0 unspecified atom stereocenters. The van der Waals surface area contributed by atoms with E-state index in [1.807, 2.05) is 69.3 Å². The van der Waals surface area contributed by atoms with Gasteiger partial charge in [-0.3, -0.25) is 9.59 Å². The van der Waals surface area contributed by atoms with Crippen LogP contribution in [0, 0.1) is 20.8 Å². The first kappa shape index (κ1) is 22.5. The minimum atomic E-state index is -0.361. The Morgan fingerprint density at radius 1 is 0.903 bits per heavy atom. The molecular formula is C27H32N2O2. The molecule has 0 radical (unpaired) electrons. The van der Waals surface area contributed by atoms with Crippen LogP contribution in [0.5, 0.6) is 0 Å². The van der Waals surface area contributed by atoms with Gasteiger partial charge in [0.25, 0.3) is 5.91 Å². The number of benzene rings is 2. The molecule has 0 aliphatic heterocycles. The first-order valence-corrected chi connectivity index (χ1v) is 11.1. The Morgan fingerprint density at radius 3 is 2.26 bits per heavy atom. The number of pyridine rings is 1. The average Bonchev–Trinajstić information content (AvgIpc) is 2.74. The largest absolute Gasteiger partial charge is 0.344 e. The molecule has 4 nitrogen and oxygen atoms in total. The van der Waals surface area contributed by atoms with E-state index in [9.17, 15) is 9.59 Å². The first-order valence-electron chi connectivity index (χ1n) is 11.1. The second-order valence-electron chi connectivity index (χ2n) is 8.17. The summed E-state index contributed by atoms with van der Waals surface area (Å²) in [6, 6.07) is 17.2. The van der Waals surface area contributed by atoms with Gasteiger partial charge >= 0.3 is 0 Å². The van der Waals surface area contributed by atoms with E-state index in [2.05, 4.69) is 16.8 Å². The summed E-state index contributed by atoms with van der Waals surface area (Å²) >= 11 is 0. The molecule has 31 heavy (non-hydrogen) atoms. The van der Waals surface area contributed by atoms with Crippen molar-refractivity contribution in [2.75, 3.05) is 5.32 Å². The van der Waals surface area contributed by atoms with Gasteiger partial charge in [0.15, 0.2) is 5.43 Å². The van der Waals surface area contributed by atoms with Crippen LogP contribution >= 0.6 is 0 Å². The fraction of sp³-hybridized carbons (Fsp3) is 0.333. The highest BCUT2D eigenvalue weighted by Gasteiger charge is 2.23. The molecule has 1 amide bonds. The van der Waals surface area contributed by atoms with Crippen molar-refractivity contribution in [3.63, 3.8) is 0 Å². The second-order valence-corrected chi connectivity index (χ2v) is 8.17. The molecule has 0 saturated heterocycles. The van der Waals surface area contributed by atoms with Crippen LogP contribution in [-0.2, 0) is 6.54 Å². The minimum Gasteiger partial charge on any atom is -0.344 e. The summed E-state index contributed by atoms with van der Waals surface area (Å²) in [6.07, 6.45) is 4.48. The van der Waals surface area contributed by atoms with Crippen LogP contribution in [0.15, 0.2) is 59.4 Å². The zero-order valence-corrected chi connectivity index (χ0v) is 19.0. The molecule has 162 valence electrons. The van der Waals surface area contributed by atoms with Gasteiger partial charge in [-0.2, -0.15) is 0 Å². The van der Waals surface area contributed by atoms with E-state index in [-0.39, 0.29) is 16.9 Å². The quantitative estimate of drug-likeness (QED) is 0.440. The van der Waals surface area contributed by atoms with Gasteiger partial charge in [-0.1, -0.05) is 68.7 Å². The molecule has 1 heterocycles. The fourth-order valence-corrected chi connectivity index (χ4v) is 3.99. The van der Waals surface area contributed by atoms with Gasteiger partial charge in [-0.05, 0) is 44.4 Å². The van der Waals surface area contributed by atoms with Crippen molar-refractivity contribution in [2.45, 2.75) is 59.9 Å². The predicted octanol–water partition coefficient (Wildman–Crippen LogP) is 6.27. The minimum absolute atomic E-state index is 0.207. The van der Waals surface area contributed by atoms with Gasteiger partial charge < -0.3 is 9.88 Å². The third kappa shape index (κ3) is 5.13. The molecule has 0 fully saturated rings. The molecule has 1 aromatic heterocycles. The van der Waals surface area contributed by atoms with Gasteiger partial charge in [-0.25, -0.2) is 0 Å². The van der Waals surface area contributed by atoms with Crippen molar-refractivity contribution in [1.82, 2.24) is 4.57 Å². The lowest BCUT2D eigenvalue weighted by Gasteiger charge is -2.22. The van der Waals surface area contributed by atoms with E-state index in [1.165, 1.54) is 6.42 Å². The number of amides is 1. The van der Waals surface area contributed by atoms with Gasteiger partial charge in [0.05, 0.1) is 5.69 Å². The summed E-state index contributed by atoms with van der Waals surface area (Å²) in [5.41, 5.74) is 5.20. The van der Waals surface area contributed by atoms with Crippen molar-refractivity contribution in [3.05, 3.63) is 87.2 Å². The number of rotatable bonds is 8. The summed E-state index contributed by atoms with van der Waals surface area (Å²) in [5.74, 6) is -0.361. The van der Waals surface area contributed by atoms with Crippen LogP contribution in [0.2, 0.25) is 0 Å². The summed E-state index contributed by atoms with van der Waals surface area (Å²) < 4.78 is 2.14. The SMILES string of the molecule is CCCCCCn1c(C)cc(=O)c(C(=O)Nc2ccccc2C)c1-c1ccccc1C. The summed E-state index contributed by atoms with van der Waals surface area (Å²) in [4.78, 5) is 26.5. The van der Waals surface area contributed by atoms with Crippen molar-refractivity contribution >= 4 is 11.6 Å². The molecule has 3 aromatic rings. The van der Waals surface area contributed by atoms with Crippen molar-refractivity contribution in [3.8, 4) is 11.3 Å². The Balaban J connectivity index is 2.15. The summed E-state index contributed by atoms with van der Waals surface area (Å²) in [5, 5.41) is 2.97. The lowest BCUT2D eigenvalue weighted by atomic mass is 9.98. The first-order chi connectivity index (χ1) is 14.9. The van der Waals surface area contributed by atoms with Crippen molar-refractivity contribution < 1.29 is 4.79 Å². The highest BCUT2D eigenvalue weighted by atomic mass is 16.2. The lowest BCUT2D eigenvalue weighted by molar-refractivity contribution is 0.102. The third-order valence-corrected chi connectivity index (χ3v) is 5.77. The molecule has 0 saturated carbocycles. The van der Waals surface area contributed by atoms with Crippen molar-refractivity contribution in [1.29, 1.82) is 0 Å². The number of aromatic nitrogens is 1. The molecular weight excluding hydrogens is 384 g/mol. The Labute approximate surface area is 184 Å². The number of nitrogens with one attached hydrogen (secondary N) is 1. The van der Waals surface area contributed by atoms with Gasteiger partial charge in [0.2, 0.25) is 0 Å². The van der Waals surface area contributed by atoms with Gasteiger partial charge in [-0.15, -0.1) is 0 Å². The highest BCUT2D eigenvalue weighted by molar-refractivity contribution is 6.08. The Morgan fingerprint density at radius 2 is 1.58 bits per heavy atom. The number of nitrogens with zero attached hydrogens (tertiary/aromatic N) is 1. The molecule has 0 aliphatic carbocycles. The van der Waals surface area contributed by atoms with Crippen LogP contribution in [0.1, 0.15) is 59.8 Å². The van der Waals surface area contributed by atoms with Crippen LogP contribution in [0.3, 0.4) is 0 Å². The zero-order chi connectivity index (χ0) is 22.4. The molecule has 0 atom stereocenters. The number of hydrogen-bond acceptors (Lipinski definition) is 2. The molecule has 4 heteroatoms. The van der Waals surface area contributed by atoms with E-state index in [1.54, 1.807) is 6.07 Å². The smallest absolute Gasteiger partial charge is 0.261 e. The number of carbonyl (C=O) groups is 1. The molecule has 1 N–H and O–H groups in total. The van der Waals surface area contributed by atoms with Crippen molar-refractivity contribution in [2.24, 2.45) is 0 Å². The lowest BCUT2D eigenvalue weighted by Crippen LogP contribution is -2.27. The number of unbranched alkanes of at least 4 members (excludes halogenated alkanes) is 3. The van der Waals surface area contributed by atoms with Crippen LogP contribution < -0.4 is 10.7 Å². The van der Waals surface area contributed by atoms with Gasteiger partial charge in [0.1, 0.15) is 5.56 Å². The fourth-order valence-electron chi connectivity index (χ4n) is 3.99. The molecule has 0 spiro atoms. The number of para-hydroxylation sites is 1.